The van der Waals surface area contributed by atoms with Crippen molar-refractivity contribution < 1.29 is 4.39 Å². The predicted octanol–water partition coefficient (Wildman–Crippen LogP) is 3.57. The molecule has 0 aliphatic carbocycles. The van der Waals surface area contributed by atoms with Crippen LogP contribution < -0.4 is 5.56 Å². The predicted molar refractivity (Wildman–Crippen MR) is 91.3 cm³/mol. The van der Waals surface area contributed by atoms with E-state index in [2.05, 4.69) is 16.9 Å². The lowest BCUT2D eigenvalue weighted by Crippen LogP contribution is -2.25. The van der Waals surface area contributed by atoms with Crippen LogP contribution in [0.5, 0.6) is 0 Å². The van der Waals surface area contributed by atoms with Crippen LogP contribution in [0.2, 0.25) is 0 Å². The molecule has 0 radical (unpaired) electrons. The van der Waals surface area contributed by atoms with Gasteiger partial charge in [0.1, 0.15) is 11.3 Å². The van der Waals surface area contributed by atoms with E-state index in [0.717, 1.165) is 12.8 Å². The average molecular weight is 323 g/mol. The molecule has 1 aliphatic rings. The zero-order chi connectivity index (χ0) is 16.7. The summed E-state index contributed by atoms with van der Waals surface area (Å²) in [4.78, 5) is 21.5. The highest BCUT2D eigenvalue weighted by Gasteiger charge is 2.20. The second-order valence-corrected chi connectivity index (χ2v) is 6.46. The first kappa shape index (κ1) is 15.0. The van der Waals surface area contributed by atoms with Gasteiger partial charge in [-0.25, -0.2) is 9.37 Å². The number of rotatable bonds is 1. The van der Waals surface area contributed by atoms with Crippen molar-refractivity contribution in [2.75, 3.05) is 0 Å². The Morgan fingerprint density at radius 1 is 1.21 bits per heavy atom. The number of pyridine rings is 1. The van der Waals surface area contributed by atoms with E-state index in [4.69, 9.17) is 0 Å². The number of halogens is 1. The first-order chi connectivity index (χ1) is 11.6. The number of hydrogen-bond acceptors (Lipinski definition) is 3. The molecule has 1 aromatic carbocycles. The largest absolute Gasteiger partial charge is 0.296 e. The van der Waals surface area contributed by atoms with Crippen LogP contribution in [0.4, 0.5) is 4.39 Å². The van der Waals surface area contributed by atoms with E-state index >= 15 is 4.39 Å². The molecule has 0 saturated carbocycles. The molecule has 4 rings (SSSR count). The Morgan fingerprint density at radius 3 is 2.88 bits per heavy atom. The molecule has 0 N–H and O–H groups in total. The zero-order valence-electron chi connectivity index (χ0n) is 13.5. The van der Waals surface area contributed by atoms with Crippen molar-refractivity contribution in [3.63, 3.8) is 0 Å². The molecular weight excluding hydrogens is 305 g/mol. The Kier molecular flexibility index (Phi) is 3.63. The molecule has 0 spiro atoms. The SMILES string of the molecule is CC1CCc2nc3c(F)c(-c4ccccn4)ccc3c(=O)n2CC1. The molecule has 5 heteroatoms. The Hall–Kier alpha value is -2.56. The van der Waals surface area contributed by atoms with Crippen LogP contribution in [0.15, 0.2) is 41.3 Å². The summed E-state index contributed by atoms with van der Waals surface area (Å²) in [6, 6.07) is 8.64. The number of benzene rings is 1. The Bertz CT molecular complexity index is 966. The van der Waals surface area contributed by atoms with Gasteiger partial charge in [0, 0.05) is 24.7 Å². The fourth-order valence-corrected chi connectivity index (χ4v) is 3.31. The molecule has 3 heterocycles. The summed E-state index contributed by atoms with van der Waals surface area (Å²) in [5.74, 6) is 0.765. The summed E-state index contributed by atoms with van der Waals surface area (Å²) in [7, 11) is 0. The summed E-state index contributed by atoms with van der Waals surface area (Å²) >= 11 is 0. The van der Waals surface area contributed by atoms with Crippen LogP contribution in [0.3, 0.4) is 0 Å². The van der Waals surface area contributed by atoms with Crippen LogP contribution in [0, 0.1) is 11.7 Å². The monoisotopic (exact) mass is 323 g/mol. The number of hydrogen-bond donors (Lipinski definition) is 0. The van der Waals surface area contributed by atoms with E-state index in [1.54, 1.807) is 35.0 Å². The van der Waals surface area contributed by atoms with Crippen LogP contribution in [-0.4, -0.2) is 14.5 Å². The number of aryl methyl sites for hydroxylation is 1. The Labute approximate surface area is 139 Å². The van der Waals surface area contributed by atoms with Crippen molar-refractivity contribution in [2.45, 2.75) is 32.7 Å². The standard InChI is InChI=1S/C19H18FN3O/c1-12-5-8-16-22-18-14(19(24)23(16)11-9-12)7-6-13(17(18)20)15-4-2-3-10-21-15/h2-4,6-7,10,12H,5,8-9,11H2,1H3. The third kappa shape index (κ3) is 2.40. The second kappa shape index (κ2) is 5.82. The van der Waals surface area contributed by atoms with Gasteiger partial charge in [0.2, 0.25) is 0 Å². The highest BCUT2D eigenvalue weighted by Crippen LogP contribution is 2.26. The summed E-state index contributed by atoms with van der Waals surface area (Å²) < 4.78 is 16.7. The lowest BCUT2D eigenvalue weighted by atomic mass is 10.0. The highest BCUT2D eigenvalue weighted by molar-refractivity contribution is 5.84. The second-order valence-electron chi connectivity index (χ2n) is 6.46. The molecule has 3 aromatic rings. The molecule has 24 heavy (non-hydrogen) atoms. The molecule has 0 bridgehead atoms. The van der Waals surface area contributed by atoms with E-state index in [1.165, 1.54) is 0 Å². The maximum absolute atomic E-state index is 15.0. The van der Waals surface area contributed by atoms with Gasteiger partial charge in [0.05, 0.1) is 11.1 Å². The number of fused-ring (bicyclic) bond motifs is 2. The van der Waals surface area contributed by atoms with Gasteiger partial charge >= 0.3 is 0 Å². The third-order valence-corrected chi connectivity index (χ3v) is 4.79. The maximum atomic E-state index is 15.0. The van der Waals surface area contributed by atoms with Crippen molar-refractivity contribution >= 4 is 10.9 Å². The minimum atomic E-state index is -0.469. The molecule has 4 nitrogen and oxygen atoms in total. The van der Waals surface area contributed by atoms with E-state index in [1.807, 2.05) is 6.07 Å². The Balaban J connectivity index is 1.95. The van der Waals surface area contributed by atoms with E-state index in [-0.39, 0.29) is 11.1 Å². The van der Waals surface area contributed by atoms with Gasteiger partial charge in [-0.1, -0.05) is 13.0 Å². The van der Waals surface area contributed by atoms with Crippen LogP contribution >= 0.6 is 0 Å². The van der Waals surface area contributed by atoms with Crippen molar-refractivity contribution in [1.29, 1.82) is 0 Å². The molecule has 0 amide bonds. The smallest absolute Gasteiger partial charge is 0.261 e. The molecule has 1 unspecified atom stereocenters. The fourth-order valence-electron chi connectivity index (χ4n) is 3.31. The van der Waals surface area contributed by atoms with Crippen molar-refractivity contribution in [3.8, 4) is 11.3 Å². The van der Waals surface area contributed by atoms with Gasteiger partial charge in [-0.2, -0.15) is 0 Å². The minimum Gasteiger partial charge on any atom is -0.296 e. The van der Waals surface area contributed by atoms with Crippen LogP contribution in [0.25, 0.3) is 22.2 Å². The van der Waals surface area contributed by atoms with Crippen LogP contribution in [0.1, 0.15) is 25.6 Å². The number of nitrogens with zero attached hydrogens (tertiary/aromatic N) is 3. The zero-order valence-corrected chi connectivity index (χ0v) is 13.5. The molecule has 2 aromatic heterocycles. The summed E-state index contributed by atoms with van der Waals surface area (Å²) in [6.07, 6.45) is 4.26. The van der Waals surface area contributed by atoms with Crippen molar-refractivity contribution in [1.82, 2.24) is 14.5 Å². The molecule has 0 saturated heterocycles. The summed E-state index contributed by atoms with van der Waals surface area (Å²) in [5.41, 5.74) is 0.934. The third-order valence-electron chi connectivity index (χ3n) is 4.79. The molecule has 122 valence electrons. The topological polar surface area (TPSA) is 47.8 Å². The van der Waals surface area contributed by atoms with Crippen molar-refractivity contribution in [3.05, 3.63) is 58.5 Å². The van der Waals surface area contributed by atoms with E-state index < -0.39 is 5.82 Å². The van der Waals surface area contributed by atoms with Crippen molar-refractivity contribution in [2.24, 2.45) is 5.92 Å². The van der Waals surface area contributed by atoms with E-state index in [0.29, 0.717) is 41.4 Å². The first-order valence-electron chi connectivity index (χ1n) is 8.28. The lowest BCUT2D eigenvalue weighted by molar-refractivity contribution is 0.484. The quantitative estimate of drug-likeness (QED) is 0.688. The lowest BCUT2D eigenvalue weighted by Gasteiger charge is -2.12. The average Bonchev–Trinajstić information content (AvgIpc) is 2.79. The molecule has 0 fully saturated rings. The van der Waals surface area contributed by atoms with Crippen LogP contribution in [-0.2, 0) is 13.0 Å². The maximum Gasteiger partial charge on any atom is 0.261 e. The van der Waals surface area contributed by atoms with Gasteiger partial charge < -0.3 is 0 Å². The first-order valence-corrected chi connectivity index (χ1v) is 8.28. The normalized spacial score (nSPS) is 17.5. The summed E-state index contributed by atoms with van der Waals surface area (Å²) in [6.45, 7) is 2.83. The summed E-state index contributed by atoms with van der Waals surface area (Å²) in [5, 5.41) is 0.338. The number of aromatic nitrogens is 3. The molecule has 1 atom stereocenters. The van der Waals surface area contributed by atoms with Gasteiger partial charge in [0.25, 0.3) is 5.56 Å². The van der Waals surface area contributed by atoms with Gasteiger partial charge in [-0.3, -0.25) is 14.3 Å². The van der Waals surface area contributed by atoms with E-state index in [9.17, 15) is 4.79 Å². The Morgan fingerprint density at radius 2 is 2.08 bits per heavy atom. The molecule has 1 aliphatic heterocycles. The highest BCUT2D eigenvalue weighted by atomic mass is 19.1. The minimum absolute atomic E-state index is 0.143. The molecular formula is C19H18FN3O. The van der Waals surface area contributed by atoms with Gasteiger partial charge in [-0.15, -0.1) is 0 Å². The van der Waals surface area contributed by atoms with Gasteiger partial charge in [0.15, 0.2) is 5.82 Å². The van der Waals surface area contributed by atoms with Gasteiger partial charge in [-0.05, 0) is 43.0 Å². The fraction of sp³-hybridized carbons (Fsp3) is 0.316.